The highest BCUT2D eigenvalue weighted by Gasteiger charge is 2.07. The van der Waals surface area contributed by atoms with Crippen molar-refractivity contribution in [3.8, 4) is 0 Å². The summed E-state index contributed by atoms with van der Waals surface area (Å²) >= 11 is 2.11. The third-order valence-corrected chi connectivity index (χ3v) is 2.99. The zero-order chi connectivity index (χ0) is 12.7. The van der Waals surface area contributed by atoms with Gasteiger partial charge in [-0.25, -0.2) is 10.3 Å². The lowest BCUT2D eigenvalue weighted by Crippen LogP contribution is -2.22. The lowest BCUT2D eigenvalue weighted by molar-refractivity contribution is -0.134. The number of carbonyl (C=O) groups excluding carboxylic acids is 2. The van der Waals surface area contributed by atoms with E-state index in [0.29, 0.717) is 12.1 Å². The van der Waals surface area contributed by atoms with Crippen LogP contribution in [0, 0.1) is 3.57 Å². The molecule has 0 saturated heterocycles. The highest BCUT2D eigenvalue weighted by atomic mass is 127. The van der Waals surface area contributed by atoms with Crippen LogP contribution in [0.15, 0.2) is 23.2 Å². The molecule has 0 spiro atoms. The van der Waals surface area contributed by atoms with Crippen LogP contribution in [0.1, 0.15) is 18.9 Å². The van der Waals surface area contributed by atoms with Crippen molar-refractivity contribution in [2.75, 3.05) is 0 Å². The van der Waals surface area contributed by atoms with Gasteiger partial charge in [-0.15, -0.1) is 0 Å². The van der Waals surface area contributed by atoms with Gasteiger partial charge in [-0.05, 0) is 34.7 Å². The van der Waals surface area contributed by atoms with E-state index in [-0.39, 0.29) is 12.5 Å². The Balaban J connectivity index is 2.75. The van der Waals surface area contributed by atoms with E-state index in [9.17, 15) is 9.59 Å². The molecule has 0 aliphatic rings. The number of hydrogen-bond donors (Lipinski definition) is 1. The summed E-state index contributed by atoms with van der Waals surface area (Å²) in [6.07, 6.45) is 1.84. The molecule has 1 aromatic carbocycles. The Morgan fingerprint density at radius 1 is 1.59 bits per heavy atom. The average Bonchev–Trinajstić information content (AvgIpc) is 2.32. The van der Waals surface area contributed by atoms with Gasteiger partial charge in [0.05, 0.1) is 5.69 Å². The van der Waals surface area contributed by atoms with Gasteiger partial charge >= 0.3 is 0 Å². The summed E-state index contributed by atoms with van der Waals surface area (Å²) in [5.74, 6) is -0.198. The Bertz CT molecular complexity index is 456. The molecule has 0 aliphatic heterocycles. The zero-order valence-electron chi connectivity index (χ0n) is 9.20. The first kappa shape index (κ1) is 13.8. The van der Waals surface area contributed by atoms with Crippen molar-refractivity contribution in [3.63, 3.8) is 0 Å². The molecule has 0 radical (unpaired) electrons. The van der Waals surface area contributed by atoms with E-state index in [0.717, 1.165) is 9.13 Å². The van der Waals surface area contributed by atoms with Crippen LogP contribution in [0.2, 0.25) is 0 Å². The smallest absolute Gasteiger partial charge is 0.243 e. The topological polar surface area (TPSA) is 67.8 Å². The van der Waals surface area contributed by atoms with Gasteiger partial charge in [0.15, 0.2) is 0 Å². The number of hydrogen-bond acceptors (Lipinski definition) is 4. The monoisotopic (exact) mass is 346 g/mol. The third-order valence-electron chi connectivity index (χ3n) is 1.98. The normalized spacial score (nSPS) is 9.53. The van der Waals surface area contributed by atoms with Gasteiger partial charge in [0.25, 0.3) is 0 Å². The molecular formula is C11H11IN2O3. The van der Waals surface area contributed by atoms with Gasteiger partial charge in [0.1, 0.15) is 6.61 Å². The molecule has 17 heavy (non-hydrogen) atoms. The summed E-state index contributed by atoms with van der Waals surface area (Å²) in [5.41, 5.74) is 3.54. The number of carbonyl (C=O) groups is 1. The maximum absolute atomic E-state index is 11.0. The second-order valence-corrected chi connectivity index (χ2v) is 4.27. The molecule has 1 N–H and O–H groups in total. The standard InChI is InChI=1S/C11H11IN2O3/c1-2-11(16)14-17-6-8-9(12)4-3-5-10(8)13-7-15/h3-5H,2,6H2,1H3,(H,14,16). The van der Waals surface area contributed by atoms with E-state index in [2.05, 4.69) is 33.1 Å². The van der Waals surface area contributed by atoms with Crippen molar-refractivity contribution in [1.82, 2.24) is 5.48 Å². The first-order valence-corrected chi connectivity index (χ1v) is 6.02. The second kappa shape index (κ2) is 7.16. The molecule has 90 valence electrons. The summed E-state index contributed by atoms with van der Waals surface area (Å²) in [5, 5.41) is 0. The minimum absolute atomic E-state index is 0.158. The fourth-order valence-electron chi connectivity index (χ4n) is 1.10. The lowest BCUT2D eigenvalue weighted by Gasteiger charge is -2.08. The molecule has 0 fully saturated rings. The van der Waals surface area contributed by atoms with Crippen molar-refractivity contribution in [2.24, 2.45) is 4.99 Å². The zero-order valence-corrected chi connectivity index (χ0v) is 11.4. The van der Waals surface area contributed by atoms with E-state index in [1.807, 2.05) is 6.07 Å². The second-order valence-electron chi connectivity index (χ2n) is 3.11. The van der Waals surface area contributed by atoms with Crippen molar-refractivity contribution in [1.29, 1.82) is 0 Å². The molecule has 0 aromatic heterocycles. The van der Waals surface area contributed by atoms with Gasteiger partial charge in [-0.3, -0.25) is 9.63 Å². The van der Waals surface area contributed by atoms with Crippen molar-refractivity contribution in [2.45, 2.75) is 20.0 Å². The van der Waals surface area contributed by atoms with Crippen LogP contribution in [0.5, 0.6) is 0 Å². The van der Waals surface area contributed by atoms with Crippen LogP contribution < -0.4 is 5.48 Å². The predicted molar refractivity (Wildman–Crippen MR) is 70.2 cm³/mol. The summed E-state index contributed by atoms with van der Waals surface area (Å²) in [6.45, 7) is 1.89. The maximum atomic E-state index is 11.0. The van der Waals surface area contributed by atoms with Gasteiger partial charge in [0.2, 0.25) is 12.0 Å². The molecule has 1 amide bonds. The first-order chi connectivity index (χ1) is 8.19. The molecule has 5 nitrogen and oxygen atoms in total. The maximum Gasteiger partial charge on any atom is 0.243 e. The minimum Gasteiger partial charge on any atom is -0.273 e. The Labute approximate surface area is 112 Å². The van der Waals surface area contributed by atoms with Crippen LogP contribution in [0.4, 0.5) is 5.69 Å². The van der Waals surface area contributed by atoms with E-state index in [1.54, 1.807) is 19.1 Å². The number of isocyanates is 1. The molecule has 6 heteroatoms. The molecular weight excluding hydrogens is 335 g/mol. The van der Waals surface area contributed by atoms with Crippen molar-refractivity contribution in [3.05, 3.63) is 27.3 Å². The molecule has 0 heterocycles. The van der Waals surface area contributed by atoms with E-state index >= 15 is 0 Å². The lowest BCUT2D eigenvalue weighted by atomic mass is 10.2. The van der Waals surface area contributed by atoms with Crippen LogP contribution in [0.3, 0.4) is 0 Å². The molecule has 1 rings (SSSR count). The third kappa shape index (κ3) is 4.26. The summed E-state index contributed by atoms with van der Waals surface area (Å²) in [6, 6.07) is 5.34. The Hall–Kier alpha value is -1.24. The Kier molecular flexibility index (Phi) is 5.82. The Morgan fingerprint density at radius 3 is 3.00 bits per heavy atom. The van der Waals surface area contributed by atoms with Crippen molar-refractivity contribution >= 4 is 40.3 Å². The molecule has 1 aromatic rings. The summed E-state index contributed by atoms with van der Waals surface area (Å²) in [4.78, 5) is 29.9. The number of hydroxylamine groups is 1. The van der Waals surface area contributed by atoms with E-state index < -0.39 is 0 Å². The number of amides is 1. The highest BCUT2D eigenvalue weighted by Crippen LogP contribution is 2.24. The van der Waals surface area contributed by atoms with Crippen LogP contribution >= 0.6 is 22.6 Å². The van der Waals surface area contributed by atoms with Gasteiger partial charge in [-0.1, -0.05) is 13.0 Å². The van der Waals surface area contributed by atoms with E-state index in [4.69, 9.17) is 4.84 Å². The minimum atomic E-state index is -0.198. The predicted octanol–water partition coefficient (Wildman–Crippen LogP) is 2.22. The van der Waals surface area contributed by atoms with E-state index in [1.165, 1.54) is 6.08 Å². The first-order valence-electron chi connectivity index (χ1n) is 4.95. The van der Waals surface area contributed by atoms with Crippen LogP contribution in [-0.2, 0) is 21.0 Å². The highest BCUT2D eigenvalue weighted by molar-refractivity contribution is 14.1. The number of aliphatic imine (C=N–C) groups is 1. The van der Waals surface area contributed by atoms with Gasteiger partial charge in [0, 0.05) is 15.6 Å². The SMILES string of the molecule is CCC(=O)NOCc1c(I)cccc1N=C=O. The fourth-order valence-corrected chi connectivity index (χ4v) is 1.74. The number of rotatable bonds is 5. The molecule has 0 unspecified atom stereocenters. The van der Waals surface area contributed by atoms with Crippen LogP contribution in [-0.4, -0.2) is 12.0 Å². The summed E-state index contributed by atoms with van der Waals surface area (Å²) in [7, 11) is 0. The Morgan fingerprint density at radius 2 is 2.35 bits per heavy atom. The number of benzene rings is 1. The van der Waals surface area contributed by atoms with Gasteiger partial charge < -0.3 is 0 Å². The average molecular weight is 346 g/mol. The quantitative estimate of drug-likeness (QED) is 0.385. The fraction of sp³-hybridized carbons (Fsp3) is 0.273. The molecule has 0 atom stereocenters. The largest absolute Gasteiger partial charge is 0.273 e. The van der Waals surface area contributed by atoms with Crippen LogP contribution in [0.25, 0.3) is 0 Å². The number of nitrogens with one attached hydrogen (secondary N) is 1. The number of nitrogens with zero attached hydrogens (tertiary/aromatic N) is 1. The molecule has 0 aliphatic carbocycles. The van der Waals surface area contributed by atoms with Gasteiger partial charge in [-0.2, -0.15) is 4.99 Å². The molecule has 0 bridgehead atoms. The molecule has 0 saturated carbocycles. The summed E-state index contributed by atoms with van der Waals surface area (Å²) < 4.78 is 0.907. The van der Waals surface area contributed by atoms with Crippen molar-refractivity contribution < 1.29 is 14.4 Å². The number of halogens is 1.